The van der Waals surface area contributed by atoms with Gasteiger partial charge in [0, 0.05) is 18.3 Å². The largest absolute Gasteiger partial charge is 0.264 e. The van der Waals surface area contributed by atoms with Gasteiger partial charge in [0.1, 0.15) is 0 Å². The minimum absolute atomic E-state index is 0.827. The van der Waals surface area contributed by atoms with Crippen LogP contribution >= 0.6 is 11.6 Å². The van der Waals surface area contributed by atoms with Crippen LogP contribution in [0.4, 0.5) is 0 Å². The van der Waals surface area contributed by atoms with Crippen molar-refractivity contribution in [3.8, 4) is 0 Å². The van der Waals surface area contributed by atoms with Gasteiger partial charge in [-0.1, -0.05) is 44.0 Å². The van der Waals surface area contributed by atoms with Crippen molar-refractivity contribution in [3.63, 3.8) is 0 Å². The van der Waals surface area contributed by atoms with Crippen molar-refractivity contribution in [1.29, 1.82) is 0 Å². The number of unbranched alkanes of at least 4 members (excludes halogenated alkanes) is 2. The number of hydrogen-bond acceptors (Lipinski definition) is 1. The molecule has 0 saturated carbocycles. The Bertz CT molecular complexity index is 331. The fraction of sp³-hybridized carbons (Fsp3) is 0.357. The monoisotopic (exact) mass is 235 g/mol. The summed E-state index contributed by atoms with van der Waals surface area (Å²) in [7, 11) is 0. The highest BCUT2D eigenvalue weighted by Gasteiger charge is 1.86. The van der Waals surface area contributed by atoms with Crippen LogP contribution in [0.3, 0.4) is 0 Å². The molecule has 0 N–H and O–H groups in total. The van der Waals surface area contributed by atoms with Gasteiger partial charge in [0.25, 0.3) is 0 Å². The summed E-state index contributed by atoms with van der Waals surface area (Å²) in [5.74, 6) is 0.827. The Labute approximate surface area is 102 Å². The van der Waals surface area contributed by atoms with Gasteiger partial charge >= 0.3 is 0 Å². The number of pyridine rings is 1. The molecular formula is C14H18ClN. The van der Waals surface area contributed by atoms with Crippen LogP contribution in [-0.2, 0) is 0 Å². The van der Waals surface area contributed by atoms with E-state index in [1.165, 1.54) is 30.0 Å². The molecule has 2 heteroatoms. The molecule has 86 valence electrons. The third kappa shape index (κ3) is 4.63. The van der Waals surface area contributed by atoms with E-state index in [4.69, 9.17) is 11.6 Å². The Kier molecular flexibility index (Phi) is 6.59. The average molecular weight is 236 g/mol. The normalized spacial score (nSPS) is 9.62. The van der Waals surface area contributed by atoms with E-state index in [-0.39, 0.29) is 0 Å². The van der Waals surface area contributed by atoms with E-state index in [9.17, 15) is 0 Å². The van der Waals surface area contributed by atoms with E-state index >= 15 is 0 Å². The molecule has 0 saturated heterocycles. The molecule has 0 aliphatic rings. The maximum Gasteiger partial charge on any atom is 0.0346 e. The van der Waals surface area contributed by atoms with Crippen LogP contribution in [-0.4, -0.2) is 10.9 Å². The van der Waals surface area contributed by atoms with Crippen LogP contribution in [0.25, 0.3) is 10.8 Å². The molecule has 1 heterocycles. The van der Waals surface area contributed by atoms with Gasteiger partial charge in [0.2, 0.25) is 0 Å². The van der Waals surface area contributed by atoms with E-state index in [1.54, 1.807) is 0 Å². The van der Waals surface area contributed by atoms with Gasteiger partial charge < -0.3 is 0 Å². The van der Waals surface area contributed by atoms with Crippen LogP contribution in [0.1, 0.15) is 26.2 Å². The molecule has 0 amide bonds. The van der Waals surface area contributed by atoms with Gasteiger partial charge in [0.15, 0.2) is 0 Å². The van der Waals surface area contributed by atoms with Crippen LogP contribution in [0, 0.1) is 0 Å². The lowest BCUT2D eigenvalue weighted by atomic mass is 10.2. The van der Waals surface area contributed by atoms with Crippen LogP contribution in [0.2, 0.25) is 0 Å². The summed E-state index contributed by atoms with van der Waals surface area (Å²) in [6, 6.07) is 10.2. The van der Waals surface area contributed by atoms with E-state index in [0.29, 0.717) is 0 Å². The molecule has 0 bridgehead atoms. The zero-order valence-electron chi connectivity index (χ0n) is 9.70. The quantitative estimate of drug-likeness (QED) is 0.558. The van der Waals surface area contributed by atoms with Crippen molar-refractivity contribution >= 4 is 22.4 Å². The number of alkyl halides is 1. The molecule has 16 heavy (non-hydrogen) atoms. The standard InChI is InChI=1S/C9H7N.C5H11Cl/c1-2-4-9-7-10-6-5-8(9)3-1;1-2-3-4-5-6/h1-7H;2-5H2,1H3. The fourth-order valence-electron chi connectivity index (χ4n) is 1.37. The van der Waals surface area contributed by atoms with Gasteiger partial charge in [-0.3, -0.25) is 4.98 Å². The summed E-state index contributed by atoms with van der Waals surface area (Å²) in [6.45, 7) is 2.17. The molecule has 2 rings (SSSR count). The first-order valence-electron chi connectivity index (χ1n) is 5.73. The second kappa shape index (κ2) is 8.12. The van der Waals surface area contributed by atoms with E-state index in [1.807, 2.05) is 30.6 Å². The number of halogens is 1. The van der Waals surface area contributed by atoms with Crippen molar-refractivity contribution in [2.75, 3.05) is 5.88 Å². The van der Waals surface area contributed by atoms with Crippen LogP contribution in [0.15, 0.2) is 42.7 Å². The second-order valence-electron chi connectivity index (χ2n) is 3.62. The molecule has 0 aliphatic heterocycles. The SMILES string of the molecule is CCCCCCl.c1ccc2cnccc2c1. The van der Waals surface area contributed by atoms with Gasteiger partial charge in [-0.05, 0) is 23.3 Å². The highest BCUT2D eigenvalue weighted by molar-refractivity contribution is 6.17. The van der Waals surface area contributed by atoms with Crippen LogP contribution < -0.4 is 0 Å². The molecule has 1 nitrogen and oxygen atoms in total. The topological polar surface area (TPSA) is 12.9 Å². The molecule has 1 aromatic carbocycles. The van der Waals surface area contributed by atoms with Gasteiger partial charge in [-0.15, -0.1) is 11.6 Å². The minimum atomic E-state index is 0.827. The van der Waals surface area contributed by atoms with Gasteiger partial charge in [-0.2, -0.15) is 0 Å². The summed E-state index contributed by atoms with van der Waals surface area (Å²) in [5, 5.41) is 2.45. The van der Waals surface area contributed by atoms with Crippen molar-refractivity contribution in [2.45, 2.75) is 26.2 Å². The van der Waals surface area contributed by atoms with Crippen LogP contribution in [0.5, 0.6) is 0 Å². The molecule has 0 spiro atoms. The fourth-order valence-corrected chi connectivity index (χ4v) is 1.56. The number of benzene rings is 1. The molecule has 0 aliphatic carbocycles. The Balaban J connectivity index is 0.000000187. The molecule has 0 radical (unpaired) electrons. The molecule has 1 aromatic heterocycles. The number of rotatable bonds is 3. The van der Waals surface area contributed by atoms with Crippen molar-refractivity contribution in [1.82, 2.24) is 4.98 Å². The van der Waals surface area contributed by atoms with Gasteiger partial charge in [0.05, 0.1) is 0 Å². The smallest absolute Gasteiger partial charge is 0.0346 e. The number of aromatic nitrogens is 1. The first-order valence-corrected chi connectivity index (χ1v) is 6.26. The maximum atomic E-state index is 5.38. The first-order chi connectivity index (χ1) is 7.88. The molecule has 0 unspecified atom stereocenters. The Morgan fingerprint density at radius 2 is 1.81 bits per heavy atom. The molecule has 0 fully saturated rings. The summed E-state index contributed by atoms with van der Waals surface area (Å²) >= 11 is 5.38. The zero-order chi connectivity index (χ0) is 11.6. The lowest BCUT2D eigenvalue weighted by Crippen LogP contribution is -1.71. The average Bonchev–Trinajstić information content (AvgIpc) is 2.37. The summed E-state index contributed by atoms with van der Waals surface area (Å²) < 4.78 is 0. The number of hydrogen-bond donors (Lipinski definition) is 0. The maximum absolute atomic E-state index is 5.38. The van der Waals surface area contributed by atoms with Crippen molar-refractivity contribution in [2.24, 2.45) is 0 Å². The predicted octanol–water partition coefficient (Wildman–Crippen LogP) is 4.65. The molecule has 2 aromatic rings. The second-order valence-corrected chi connectivity index (χ2v) is 4.00. The molecule has 0 atom stereocenters. The van der Waals surface area contributed by atoms with Crippen molar-refractivity contribution < 1.29 is 0 Å². The summed E-state index contributed by atoms with van der Waals surface area (Å²) in [5.41, 5.74) is 0. The van der Waals surface area contributed by atoms with Gasteiger partial charge in [-0.25, -0.2) is 0 Å². The summed E-state index contributed by atoms with van der Waals surface area (Å²) in [4.78, 5) is 4.01. The Morgan fingerprint density at radius 3 is 2.38 bits per heavy atom. The first kappa shape index (κ1) is 13.0. The van der Waals surface area contributed by atoms with E-state index in [2.05, 4.69) is 24.0 Å². The highest BCUT2D eigenvalue weighted by Crippen LogP contribution is 2.09. The van der Waals surface area contributed by atoms with E-state index in [0.717, 1.165) is 5.88 Å². The Hall–Kier alpha value is -1.08. The lowest BCUT2D eigenvalue weighted by Gasteiger charge is -1.91. The third-order valence-electron chi connectivity index (χ3n) is 2.29. The zero-order valence-corrected chi connectivity index (χ0v) is 10.5. The summed E-state index contributed by atoms with van der Waals surface area (Å²) in [6.07, 6.45) is 7.41. The highest BCUT2D eigenvalue weighted by atomic mass is 35.5. The van der Waals surface area contributed by atoms with Crippen molar-refractivity contribution in [3.05, 3.63) is 42.7 Å². The lowest BCUT2D eigenvalue weighted by molar-refractivity contribution is 0.776. The number of fused-ring (bicyclic) bond motifs is 1. The predicted molar refractivity (Wildman–Crippen MR) is 72.0 cm³/mol. The number of nitrogens with zero attached hydrogens (tertiary/aromatic N) is 1. The third-order valence-corrected chi connectivity index (χ3v) is 2.55. The minimum Gasteiger partial charge on any atom is -0.264 e. The molecular weight excluding hydrogens is 218 g/mol. The Morgan fingerprint density at radius 1 is 1.06 bits per heavy atom. The van der Waals surface area contributed by atoms with E-state index < -0.39 is 0 Å².